The van der Waals surface area contributed by atoms with E-state index in [-0.39, 0.29) is 0 Å². The summed E-state index contributed by atoms with van der Waals surface area (Å²) in [6, 6.07) is 7.70. The Morgan fingerprint density at radius 1 is 1.10 bits per heavy atom. The zero-order valence-corrected chi connectivity index (χ0v) is 11.2. The Hall–Kier alpha value is -2.34. The second-order valence-corrected chi connectivity index (χ2v) is 4.57. The van der Waals surface area contributed by atoms with Crippen LogP contribution >= 0.6 is 0 Å². The van der Waals surface area contributed by atoms with Crippen molar-refractivity contribution in [1.82, 2.24) is 9.97 Å². The van der Waals surface area contributed by atoms with Crippen LogP contribution in [-0.2, 0) is 0 Å². The summed E-state index contributed by atoms with van der Waals surface area (Å²) >= 11 is 0. The minimum absolute atomic E-state index is 0.395. The van der Waals surface area contributed by atoms with Gasteiger partial charge in [0.2, 0.25) is 5.95 Å². The number of aryl methyl sites for hydroxylation is 1. The molecule has 0 unspecified atom stereocenters. The molecule has 1 aliphatic rings. The van der Waals surface area contributed by atoms with Gasteiger partial charge in [-0.2, -0.15) is 0 Å². The molecule has 0 saturated heterocycles. The van der Waals surface area contributed by atoms with E-state index in [2.05, 4.69) is 15.4 Å². The molecule has 0 aliphatic carbocycles. The number of nitrogens with one attached hydrogen (secondary N) is 1. The Balaban J connectivity index is 2.02. The predicted octanol–water partition coefficient (Wildman–Crippen LogP) is 1.90. The molecule has 0 atom stereocenters. The van der Waals surface area contributed by atoms with Crippen LogP contribution in [0, 0.1) is 6.92 Å². The number of hydrogen-bond donors (Lipinski definition) is 2. The van der Waals surface area contributed by atoms with Crippen LogP contribution < -0.4 is 20.7 Å². The van der Waals surface area contributed by atoms with Gasteiger partial charge in [0.1, 0.15) is 0 Å². The maximum absolute atomic E-state index is 5.69. The molecule has 2 aromatic rings. The molecule has 0 saturated carbocycles. The third kappa shape index (κ3) is 2.50. The molecule has 0 fully saturated rings. The first-order valence-corrected chi connectivity index (χ1v) is 6.48. The lowest BCUT2D eigenvalue weighted by atomic mass is 10.1. The molecular formula is C14H16N4O2. The molecular weight excluding hydrogens is 256 g/mol. The van der Waals surface area contributed by atoms with Gasteiger partial charge in [0.15, 0.2) is 11.5 Å². The summed E-state index contributed by atoms with van der Waals surface area (Å²) in [6.45, 7) is 3.24. The van der Waals surface area contributed by atoms with E-state index in [1.54, 1.807) is 0 Å². The number of nitrogens with two attached hydrogens (primary N) is 1. The van der Waals surface area contributed by atoms with Gasteiger partial charge in [0.25, 0.3) is 0 Å². The van der Waals surface area contributed by atoms with Gasteiger partial charge in [-0.05, 0) is 31.2 Å². The van der Waals surface area contributed by atoms with Crippen molar-refractivity contribution in [3.05, 3.63) is 30.0 Å². The Kier molecular flexibility index (Phi) is 3.39. The molecule has 0 radical (unpaired) electrons. The van der Waals surface area contributed by atoms with Crippen molar-refractivity contribution in [3.63, 3.8) is 0 Å². The fourth-order valence-electron chi connectivity index (χ4n) is 2.10. The van der Waals surface area contributed by atoms with Gasteiger partial charge < -0.3 is 9.47 Å². The lowest BCUT2D eigenvalue weighted by Gasteiger charge is -2.10. The average molecular weight is 272 g/mol. The maximum Gasteiger partial charge on any atom is 0.237 e. The largest absolute Gasteiger partial charge is 0.490 e. The van der Waals surface area contributed by atoms with Crippen molar-refractivity contribution in [2.45, 2.75) is 13.3 Å². The number of ether oxygens (including phenoxy) is 2. The molecule has 6 heteroatoms. The van der Waals surface area contributed by atoms with E-state index in [4.69, 9.17) is 15.3 Å². The fraction of sp³-hybridized carbons (Fsp3) is 0.286. The van der Waals surface area contributed by atoms with Crippen molar-refractivity contribution < 1.29 is 9.47 Å². The molecule has 1 aliphatic heterocycles. The maximum atomic E-state index is 5.69. The SMILES string of the molecule is Cc1cc(-c2ccc3c(c2)OCCCO3)nc(NN)n1. The number of hydrazine groups is 1. The second kappa shape index (κ2) is 5.34. The highest BCUT2D eigenvalue weighted by Crippen LogP contribution is 2.33. The minimum Gasteiger partial charge on any atom is -0.490 e. The highest BCUT2D eigenvalue weighted by molar-refractivity contribution is 5.65. The molecule has 0 bridgehead atoms. The quantitative estimate of drug-likeness (QED) is 0.642. The third-order valence-electron chi connectivity index (χ3n) is 3.03. The van der Waals surface area contributed by atoms with Gasteiger partial charge in [0.05, 0.1) is 18.9 Å². The van der Waals surface area contributed by atoms with E-state index in [0.29, 0.717) is 19.2 Å². The van der Waals surface area contributed by atoms with Crippen LogP contribution in [0.1, 0.15) is 12.1 Å². The van der Waals surface area contributed by atoms with Crippen molar-refractivity contribution in [1.29, 1.82) is 0 Å². The Bertz CT molecular complexity index is 631. The van der Waals surface area contributed by atoms with Gasteiger partial charge in [-0.15, -0.1) is 0 Å². The van der Waals surface area contributed by atoms with Crippen molar-refractivity contribution in [2.75, 3.05) is 18.6 Å². The molecule has 2 heterocycles. The second-order valence-electron chi connectivity index (χ2n) is 4.57. The lowest BCUT2D eigenvalue weighted by molar-refractivity contribution is 0.297. The number of anilines is 1. The summed E-state index contributed by atoms with van der Waals surface area (Å²) in [7, 11) is 0. The van der Waals surface area contributed by atoms with E-state index in [9.17, 15) is 0 Å². The molecule has 20 heavy (non-hydrogen) atoms. The summed E-state index contributed by atoms with van der Waals surface area (Å²) in [5.74, 6) is 7.29. The van der Waals surface area contributed by atoms with Gasteiger partial charge in [-0.3, -0.25) is 5.43 Å². The van der Waals surface area contributed by atoms with Crippen LogP contribution in [0.4, 0.5) is 5.95 Å². The zero-order chi connectivity index (χ0) is 13.9. The van der Waals surface area contributed by atoms with Crippen LogP contribution in [-0.4, -0.2) is 23.2 Å². The third-order valence-corrected chi connectivity index (χ3v) is 3.03. The van der Waals surface area contributed by atoms with E-state index in [0.717, 1.165) is 34.9 Å². The Morgan fingerprint density at radius 2 is 1.90 bits per heavy atom. The number of nitrogen functional groups attached to an aromatic ring is 1. The van der Waals surface area contributed by atoms with Crippen LogP contribution in [0.25, 0.3) is 11.3 Å². The number of fused-ring (bicyclic) bond motifs is 1. The molecule has 104 valence electrons. The zero-order valence-electron chi connectivity index (χ0n) is 11.2. The first kappa shape index (κ1) is 12.7. The van der Waals surface area contributed by atoms with Crippen molar-refractivity contribution >= 4 is 5.95 Å². The van der Waals surface area contributed by atoms with Gasteiger partial charge in [-0.25, -0.2) is 15.8 Å². The topological polar surface area (TPSA) is 82.3 Å². The number of rotatable bonds is 2. The van der Waals surface area contributed by atoms with Crippen LogP contribution in [0.15, 0.2) is 24.3 Å². The van der Waals surface area contributed by atoms with Crippen molar-refractivity contribution in [3.8, 4) is 22.8 Å². The highest BCUT2D eigenvalue weighted by atomic mass is 16.5. The van der Waals surface area contributed by atoms with Crippen LogP contribution in [0.5, 0.6) is 11.5 Å². The highest BCUT2D eigenvalue weighted by Gasteiger charge is 2.12. The number of hydrogen-bond acceptors (Lipinski definition) is 6. The number of nitrogens with zero attached hydrogens (tertiary/aromatic N) is 2. The normalized spacial score (nSPS) is 13.7. The summed E-state index contributed by atoms with van der Waals surface area (Å²) in [4.78, 5) is 8.53. The first-order chi connectivity index (χ1) is 9.76. The summed E-state index contributed by atoms with van der Waals surface area (Å²) < 4.78 is 11.3. The van der Waals surface area contributed by atoms with Gasteiger partial charge in [-0.1, -0.05) is 0 Å². The number of aromatic nitrogens is 2. The summed E-state index contributed by atoms with van der Waals surface area (Å²) in [5.41, 5.74) is 5.05. The monoisotopic (exact) mass is 272 g/mol. The summed E-state index contributed by atoms with van der Waals surface area (Å²) in [5, 5.41) is 0. The van der Waals surface area contributed by atoms with E-state index < -0.39 is 0 Å². The van der Waals surface area contributed by atoms with E-state index >= 15 is 0 Å². The van der Waals surface area contributed by atoms with Crippen LogP contribution in [0.3, 0.4) is 0 Å². The van der Waals surface area contributed by atoms with Crippen LogP contribution in [0.2, 0.25) is 0 Å². The summed E-state index contributed by atoms with van der Waals surface area (Å²) in [6.07, 6.45) is 0.887. The average Bonchev–Trinajstić information content (AvgIpc) is 2.70. The standard InChI is InChI=1S/C14H16N4O2/c1-9-7-11(17-14(16-9)18-15)10-3-4-12-13(8-10)20-6-2-5-19-12/h3-4,7-8H,2,5-6,15H2,1H3,(H,16,17,18). The molecule has 0 amide bonds. The van der Waals surface area contributed by atoms with Gasteiger partial charge in [0, 0.05) is 17.7 Å². The first-order valence-electron chi connectivity index (χ1n) is 6.48. The van der Waals surface area contributed by atoms with Crippen molar-refractivity contribution in [2.24, 2.45) is 5.84 Å². The lowest BCUT2D eigenvalue weighted by Crippen LogP contribution is -2.11. The number of benzene rings is 1. The molecule has 1 aromatic carbocycles. The molecule has 3 rings (SSSR count). The Morgan fingerprint density at radius 3 is 2.70 bits per heavy atom. The van der Waals surface area contributed by atoms with E-state index in [1.165, 1.54) is 0 Å². The molecule has 1 aromatic heterocycles. The smallest absolute Gasteiger partial charge is 0.237 e. The molecule has 6 nitrogen and oxygen atoms in total. The van der Waals surface area contributed by atoms with E-state index in [1.807, 2.05) is 31.2 Å². The fourth-order valence-corrected chi connectivity index (χ4v) is 2.10. The van der Waals surface area contributed by atoms with Gasteiger partial charge >= 0.3 is 0 Å². The molecule has 0 spiro atoms. The predicted molar refractivity (Wildman–Crippen MR) is 75.6 cm³/mol. The minimum atomic E-state index is 0.395. The Labute approximate surface area is 116 Å². The molecule has 3 N–H and O–H groups in total.